The second-order valence-electron chi connectivity index (χ2n) is 8.84. The first kappa shape index (κ1) is 28.9. The summed E-state index contributed by atoms with van der Waals surface area (Å²) < 4.78 is 0. The van der Waals surface area contributed by atoms with Crippen LogP contribution >= 0.6 is 23.2 Å². The number of carboxylic acids is 2. The van der Waals surface area contributed by atoms with E-state index in [1.807, 2.05) is 0 Å². The third kappa shape index (κ3) is 7.69. The van der Waals surface area contributed by atoms with Gasteiger partial charge in [0.05, 0.1) is 22.0 Å². The molecule has 3 rings (SSSR count). The zero-order valence-corrected chi connectivity index (χ0v) is 21.8. The van der Waals surface area contributed by atoms with Crippen molar-refractivity contribution in [3.8, 4) is 0 Å². The molecule has 1 saturated heterocycles. The van der Waals surface area contributed by atoms with E-state index in [9.17, 15) is 29.1 Å². The van der Waals surface area contributed by atoms with Gasteiger partial charge in [0.2, 0.25) is 11.8 Å². The van der Waals surface area contributed by atoms with Gasteiger partial charge in [-0.3, -0.25) is 19.2 Å². The molecule has 38 heavy (non-hydrogen) atoms. The molecule has 12 heteroatoms. The van der Waals surface area contributed by atoms with Crippen LogP contribution in [0.15, 0.2) is 42.5 Å². The molecule has 0 bridgehead atoms. The van der Waals surface area contributed by atoms with Crippen molar-refractivity contribution in [2.45, 2.75) is 50.6 Å². The molecule has 1 unspecified atom stereocenters. The van der Waals surface area contributed by atoms with E-state index in [0.717, 1.165) is 0 Å². The summed E-state index contributed by atoms with van der Waals surface area (Å²) in [4.78, 5) is 62.1. The van der Waals surface area contributed by atoms with Gasteiger partial charge in [0.15, 0.2) is 0 Å². The van der Waals surface area contributed by atoms with Crippen LogP contribution in [-0.4, -0.2) is 63.4 Å². The number of carbonyl (C=O) groups is 5. The summed E-state index contributed by atoms with van der Waals surface area (Å²) in [5.41, 5.74) is 1.15. The highest BCUT2D eigenvalue weighted by atomic mass is 35.5. The predicted octanol–water partition coefficient (Wildman–Crippen LogP) is 3.60. The van der Waals surface area contributed by atoms with Crippen molar-refractivity contribution in [2.24, 2.45) is 0 Å². The van der Waals surface area contributed by atoms with Crippen LogP contribution < -0.4 is 10.6 Å². The lowest BCUT2D eigenvalue weighted by Gasteiger charge is -2.35. The molecule has 0 spiro atoms. The first-order valence-corrected chi connectivity index (χ1v) is 12.7. The Hall–Kier alpha value is -3.63. The molecule has 1 aliphatic heterocycles. The number of hydrogen-bond donors (Lipinski definition) is 4. The summed E-state index contributed by atoms with van der Waals surface area (Å²) in [5.74, 6) is -3.90. The Morgan fingerprint density at radius 1 is 0.947 bits per heavy atom. The van der Waals surface area contributed by atoms with E-state index in [1.165, 1.54) is 4.90 Å². The maximum Gasteiger partial charge on any atom is 0.326 e. The molecular formula is C26H27Cl2N3O7. The molecule has 2 aromatic rings. The Morgan fingerprint density at radius 2 is 1.61 bits per heavy atom. The number of carboxylic acid groups (broad SMARTS) is 2. The topological polar surface area (TPSA) is 153 Å². The molecule has 1 fully saturated rings. The number of rotatable bonds is 10. The minimum atomic E-state index is -1.26. The SMILES string of the molecule is O=C(O)CCC(=O)N1CCCCC1C(=O)N[C@@H](Cc1ccc(NC(=O)c2c(Cl)cccc2Cl)cc1)C(=O)O. The third-order valence-corrected chi connectivity index (χ3v) is 6.76. The highest BCUT2D eigenvalue weighted by Crippen LogP contribution is 2.25. The number of hydrogen-bond acceptors (Lipinski definition) is 5. The first-order chi connectivity index (χ1) is 18.1. The van der Waals surface area contributed by atoms with E-state index in [2.05, 4.69) is 10.6 Å². The van der Waals surface area contributed by atoms with Gasteiger partial charge < -0.3 is 25.7 Å². The molecule has 202 valence electrons. The van der Waals surface area contributed by atoms with E-state index >= 15 is 0 Å². The lowest BCUT2D eigenvalue weighted by Crippen LogP contribution is -2.55. The van der Waals surface area contributed by atoms with Crippen molar-refractivity contribution in [3.63, 3.8) is 0 Å². The summed E-state index contributed by atoms with van der Waals surface area (Å²) in [6.07, 6.45) is 1.12. The van der Waals surface area contributed by atoms with E-state index in [1.54, 1.807) is 42.5 Å². The molecular weight excluding hydrogens is 537 g/mol. The summed E-state index contributed by atoms with van der Waals surface area (Å²) in [5, 5.41) is 24.2. The fourth-order valence-corrected chi connectivity index (χ4v) is 4.77. The fourth-order valence-electron chi connectivity index (χ4n) is 4.20. The minimum absolute atomic E-state index is 0.0364. The van der Waals surface area contributed by atoms with Crippen molar-refractivity contribution in [2.75, 3.05) is 11.9 Å². The van der Waals surface area contributed by atoms with E-state index in [4.69, 9.17) is 28.3 Å². The second kappa shape index (κ2) is 13.3. The monoisotopic (exact) mass is 563 g/mol. The molecule has 0 saturated carbocycles. The lowest BCUT2D eigenvalue weighted by molar-refractivity contribution is -0.147. The van der Waals surface area contributed by atoms with E-state index in [0.29, 0.717) is 37.1 Å². The van der Waals surface area contributed by atoms with Crippen molar-refractivity contribution in [1.82, 2.24) is 10.2 Å². The Morgan fingerprint density at radius 3 is 2.21 bits per heavy atom. The van der Waals surface area contributed by atoms with Gasteiger partial charge in [-0.15, -0.1) is 0 Å². The lowest BCUT2D eigenvalue weighted by atomic mass is 9.99. The molecule has 3 amide bonds. The number of aliphatic carboxylic acids is 2. The summed E-state index contributed by atoms with van der Waals surface area (Å²) >= 11 is 12.1. The highest BCUT2D eigenvalue weighted by Gasteiger charge is 2.34. The standard InChI is InChI=1S/C26H27Cl2N3O7/c27-17-4-3-5-18(28)23(17)25(36)29-16-9-7-15(8-10-16)14-19(26(37)38)30-24(35)20-6-1-2-13-31(20)21(32)11-12-22(33)34/h3-5,7-10,19-20H,1-2,6,11-14H2,(H,29,36)(H,30,35)(H,33,34)(H,37,38)/t19-,20?/m0/s1. The van der Waals surface area contributed by atoms with Gasteiger partial charge in [0.25, 0.3) is 5.91 Å². The van der Waals surface area contributed by atoms with Crippen LogP contribution in [-0.2, 0) is 25.6 Å². The quantitative estimate of drug-likeness (QED) is 0.344. The molecule has 0 aromatic heterocycles. The van der Waals surface area contributed by atoms with Gasteiger partial charge in [-0.25, -0.2) is 4.79 Å². The van der Waals surface area contributed by atoms with Gasteiger partial charge in [-0.05, 0) is 49.1 Å². The number of benzene rings is 2. The number of piperidine rings is 1. The van der Waals surface area contributed by atoms with Crippen LogP contribution in [0.4, 0.5) is 5.69 Å². The number of likely N-dealkylation sites (tertiary alicyclic amines) is 1. The minimum Gasteiger partial charge on any atom is -0.481 e. The fraction of sp³-hybridized carbons (Fsp3) is 0.346. The Bertz CT molecular complexity index is 1200. The number of halogens is 2. The van der Waals surface area contributed by atoms with Crippen molar-refractivity contribution in [1.29, 1.82) is 0 Å². The number of amides is 3. The van der Waals surface area contributed by atoms with Crippen molar-refractivity contribution in [3.05, 3.63) is 63.6 Å². The van der Waals surface area contributed by atoms with Crippen molar-refractivity contribution < 1.29 is 34.2 Å². The molecule has 0 radical (unpaired) electrons. The van der Waals surface area contributed by atoms with Crippen LogP contribution in [0.5, 0.6) is 0 Å². The molecule has 1 heterocycles. The number of nitrogens with zero attached hydrogens (tertiary/aromatic N) is 1. The largest absolute Gasteiger partial charge is 0.481 e. The molecule has 10 nitrogen and oxygen atoms in total. The summed E-state index contributed by atoms with van der Waals surface area (Å²) in [6, 6.07) is 9.00. The molecule has 1 aliphatic rings. The average molecular weight is 564 g/mol. The van der Waals surface area contributed by atoms with Gasteiger partial charge in [0, 0.05) is 25.1 Å². The van der Waals surface area contributed by atoms with Crippen LogP contribution in [0.1, 0.15) is 48.0 Å². The molecule has 2 aromatic carbocycles. The summed E-state index contributed by atoms with van der Waals surface area (Å²) in [6.45, 7) is 0.306. The van der Waals surface area contributed by atoms with Gasteiger partial charge >= 0.3 is 11.9 Å². The zero-order chi connectivity index (χ0) is 27.8. The zero-order valence-electron chi connectivity index (χ0n) is 20.3. The van der Waals surface area contributed by atoms with E-state index in [-0.39, 0.29) is 34.9 Å². The van der Waals surface area contributed by atoms with Gasteiger partial charge in [0.1, 0.15) is 12.1 Å². The van der Waals surface area contributed by atoms with Gasteiger partial charge in [-0.2, -0.15) is 0 Å². The maximum atomic E-state index is 13.0. The van der Waals surface area contributed by atoms with Crippen LogP contribution in [0.2, 0.25) is 10.0 Å². The van der Waals surface area contributed by atoms with E-state index < -0.39 is 41.7 Å². The maximum absolute atomic E-state index is 13.0. The number of anilines is 1. The van der Waals surface area contributed by atoms with Crippen molar-refractivity contribution >= 4 is 58.5 Å². The number of nitrogens with one attached hydrogen (secondary N) is 2. The first-order valence-electron chi connectivity index (χ1n) is 12.0. The van der Waals surface area contributed by atoms with Gasteiger partial charge in [-0.1, -0.05) is 41.4 Å². The van der Waals surface area contributed by atoms with Crippen LogP contribution in [0.3, 0.4) is 0 Å². The van der Waals surface area contributed by atoms with Crippen LogP contribution in [0.25, 0.3) is 0 Å². The Kier molecular flexibility index (Phi) is 10.1. The molecule has 0 aliphatic carbocycles. The molecule has 2 atom stereocenters. The molecule has 4 N–H and O–H groups in total. The second-order valence-corrected chi connectivity index (χ2v) is 9.66. The predicted molar refractivity (Wildman–Crippen MR) is 140 cm³/mol. The number of carbonyl (C=O) groups excluding carboxylic acids is 3. The average Bonchev–Trinajstić information content (AvgIpc) is 2.87. The third-order valence-electron chi connectivity index (χ3n) is 6.13. The summed E-state index contributed by atoms with van der Waals surface area (Å²) in [7, 11) is 0. The normalized spacial score (nSPS) is 15.8. The smallest absolute Gasteiger partial charge is 0.326 e. The Labute approximate surface area is 228 Å². The van der Waals surface area contributed by atoms with Crippen LogP contribution in [0, 0.1) is 0 Å². The highest BCUT2D eigenvalue weighted by molar-refractivity contribution is 6.40. The Balaban J connectivity index is 1.64.